The van der Waals surface area contributed by atoms with Gasteiger partial charge in [-0.25, -0.2) is 14.1 Å². The molecular formula is C17H17FN6OS. The van der Waals surface area contributed by atoms with Crippen LogP contribution in [0.4, 0.5) is 9.52 Å². The molecule has 0 atom stereocenters. The summed E-state index contributed by atoms with van der Waals surface area (Å²) >= 11 is 1.28. The van der Waals surface area contributed by atoms with E-state index in [1.165, 1.54) is 23.5 Å². The number of halogens is 1. The smallest absolute Gasteiger partial charge is 0.279 e. The van der Waals surface area contributed by atoms with E-state index in [-0.39, 0.29) is 23.5 Å². The number of benzene rings is 1. The lowest BCUT2D eigenvalue weighted by Gasteiger charge is -2.21. The SMILES string of the molecule is O=C(Nc1nc(-c2cccc(F)c2)cs1)c1cn(C2CCNCC2)nn1. The Morgan fingerprint density at radius 2 is 2.19 bits per heavy atom. The van der Waals surface area contributed by atoms with Crippen LogP contribution in [0, 0.1) is 5.82 Å². The maximum atomic E-state index is 13.3. The summed E-state index contributed by atoms with van der Waals surface area (Å²) in [5, 5.41) is 16.3. The highest BCUT2D eigenvalue weighted by Gasteiger charge is 2.19. The topological polar surface area (TPSA) is 84.7 Å². The van der Waals surface area contributed by atoms with Crippen molar-refractivity contribution in [2.45, 2.75) is 18.9 Å². The standard InChI is InChI=1S/C17H17FN6OS/c18-12-3-1-2-11(8-12)15-10-26-17(20-15)21-16(25)14-9-24(23-22-14)13-4-6-19-7-5-13/h1-3,8-10,13,19H,4-7H2,(H,20,21,25). The summed E-state index contributed by atoms with van der Waals surface area (Å²) in [6, 6.07) is 6.45. The number of nitrogens with zero attached hydrogens (tertiary/aromatic N) is 4. The first-order chi connectivity index (χ1) is 12.7. The number of rotatable bonds is 4. The van der Waals surface area contributed by atoms with Gasteiger partial charge in [0.05, 0.1) is 17.9 Å². The first-order valence-electron chi connectivity index (χ1n) is 8.34. The molecule has 1 aromatic carbocycles. The van der Waals surface area contributed by atoms with Gasteiger partial charge in [-0.1, -0.05) is 17.3 Å². The lowest BCUT2D eigenvalue weighted by atomic mass is 10.1. The predicted octanol–water partition coefficient (Wildman–Crippen LogP) is 2.72. The van der Waals surface area contributed by atoms with E-state index < -0.39 is 0 Å². The fraction of sp³-hybridized carbons (Fsp3) is 0.294. The highest BCUT2D eigenvalue weighted by Crippen LogP contribution is 2.25. The van der Waals surface area contributed by atoms with Crippen molar-refractivity contribution in [2.75, 3.05) is 18.4 Å². The molecule has 1 fully saturated rings. The van der Waals surface area contributed by atoms with Gasteiger partial charge in [-0.15, -0.1) is 16.4 Å². The third-order valence-electron chi connectivity index (χ3n) is 4.27. The number of aromatic nitrogens is 4. The van der Waals surface area contributed by atoms with Crippen LogP contribution < -0.4 is 10.6 Å². The summed E-state index contributed by atoms with van der Waals surface area (Å²) in [4.78, 5) is 16.7. The van der Waals surface area contributed by atoms with E-state index in [4.69, 9.17) is 0 Å². The summed E-state index contributed by atoms with van der Waals surface area (Å²) in [5.41, 5.74) is 1.53. The zero-order valence-corrected chi connectivity index (χ0v) is 14.7. The van der Waals surface area contributed by atoms with Crippen LogP contribution in [-0.4, -0.2) is 39.0 Å². The third-order valence-corrected chi connectivity index (χ3v) is 5.03. The summed E-state index contributed by atoms with van der Waals surface area (Å²) in [6.45, 7) is 1.88. The Morgan fingerprint density at radius 3 is 3.00 bits per heavy atom. The Labute approximate surface area is 153 Å². The minimum Gasteiger partial charge on any atom is -0.317 e. The van der Waals surface area contributed by atoms with E-state index in [0.29, 0.717) is 16.4 Å². The van der Waals surface area contributed by atoms with E-state index in [2.05, 4.69) is 25.9 Å². The van der Waals surface area contributed by atoms with Crippen molar-refractivity contribution in [3.05, 3.63) is 47.4 Å². The molecule has 3 heterocycles. The summed E-state index contributed by atoms with van der Waals surface area (Å²) < 4.78 is 15.1. The zero-order valence-electron chi connectivity index (χ0n) is 13.9. The van der Waals surface area contributed by atoms with Gasteiger partial charge in [-0.2, -0.15) is 0 Å². The molecule has 1 saturated heterocycles. The van der Waals surface area contributed by atoms with Crippen molar-refractivity contribution >= 4 is 22.4 Å². The molecule has 1 amide bonds. The van der Waals surface area contributed by atoms with E-state index in [1.807, 2.05) is 0 Å². The van der Waals surface area contributed by atoms with Crippen molar-refractivity contribution in [1.82, 2.24) is 25.3 Å². The molecule has 7 nitrogen and oxygen atoms in total. The number of thiazole rings is 1. The average molecular weight is 372 g/mol. The van der Waals surface area contributed by atoms with Crippen LogP contribution in [0.15, 0.2) is 35.8 Å². The quantitative estimate of drug-likeness (QED) is 0.736. The Morgan fingerprint density at radius 1 is 1.35 bits per heavy atom. The molecule has 3 aromatic rings. The fourth-order valence-corrected chi connectivity index (χ4v) is 3.62. The zero-order chi connectivity index (χ0) is 17.9. The Hall–Kier alpha value is -2.65. The minimum atomic E-state index is -0.356. The second kappa shape index (κ2) is 7.30. The lowest BCUT2D eigenvalue weighted by Crippen LogP contribution is -2.29. The second-order valence-corrected chi connectivity index (χ2v) is 6.93. The highest BCUT2D eigenvalue weighted by molar-refractivity contribution is 7.14. The van der Waals surface area contributed by atoms with Crippen molar-refractivity contribution < 1.29 is 9.18 Å². The molecule has 0 unspecified atom stereocenters. The van der Waals surface area contributed by atoms with Crippen LogP contribution in [0.5, 0.6) is 0 Å². The van der Waals surface area contributed by atoms with Crippen molar-refractivity contribution in [3.63, 3.8) is 0 Å². The number of amides is 1. The van der Waals surface area contributed by atoms with Crippen molar-refractivity contribution in [2.24, 2.45) is 0 Å². The van der Waals surface area contributed by atoms with Gasteiger partial charge in [-0.3, -0.25) is 10.1 Å². The molecule has 2 N–H and O–H groups in total. The molecule has 0 saturated carbocycles. The average Bonchev–Trinajstić information content (AvgIpc) is 3.32. The number of carbonyl (C=O) groups is 1. The molecule has 0 bridgehead atoms. The van der Waals surface area contributed by atoms with E-state index in [9.17, 15) is 9.18 Å². The Kier molecular flexibility index (Phi) is 4.72. The molecule has 0 radical (unpaired) electrons. The van der Waals surface area contributed by atoms with E-state index >= 15 is 0 Å². The van der Waals surface area contributed by atoms with Gasteiger partial charge in [0, 0.05) is 10.9 Å². The largest absolute Gasteiger partial charge is 0.317 e. The molecule has 134 valence electrons. The van der Waals surface area contributed by atoms with Gasteiger partial charge in [-0.05, 0) is 38.1 Å². The van der Waals surface area contributed by atoms with Gasteiger partial charge in [0.1, 0.15) is 5.82 Å². The van der Waals surface area contributed by atoms with Crippen LogP contribution >= 0.6 is 11.3 Å². The number of piperidine rings is 1. The molecule has 0 aliphatic carbocycles. The summed E-state index contributed by atoms with van der Waals surface area (Å²) in [5.74, 6) is -0.680. The molecule has 4 rings (SSSR count). The van der Waals surface area contributed by atoms with E-state index in [1.54, 1.807) is 28.4 Å². The predicted molar refractivity (Wildman–Crippen MR) is 96.6 cm³/mol. The molecule has 2 aromatic heterocycles. The Bertz CT molecular complexity index is 917. The number of anilines is 1. The molecule has 1 aliphatic rings. The third kappa shape index (κ3) is 3.63. The van der Waals surface area contributed by atoms with Gasteiger partial charge >= 0.3 is 0 Å². The van der Waals surface area contributed by atoms with Crippen molar-refractivity contribution in [3.8, 4) is 11.3 Å². The normalized spacial score (nSPS) is 15.1. The second-order valence-electron chi connectivity index (χ2n) is 6.07. The summed E-state index contributed by atoms with van der Waals surface area (Å²) in [7, 11) is 0. The lowest BCUT2D eigenvalue weighted by molar-refractivity contribution is 0.102. The first kappa shape index (κ1) is 16.8. The molecular weight excluding hydrogens is 355 g/mol. The molecule has 0 spiro atoms. The maximum absolute atomic E-state index is 13.3. The minimum absolute atomic E-state index is 0.256. The number of hydrogen-bond donors (Lipinski definition) is 2. The maximum Gasteiger partial charge on any atom is 0.279 e. The fourth-order valence-electron chi connectivity index (χ4n) is 2.90. The van der Waals surface area contributed by atoms with Crippen molar-refractivity contribution in [1.29, 1.82) is 0 Å². The van der Waals surface area contributed by atoms with E-state index in [0.717, 1.165) is 25.9 Å². The first-order valence-corrected chi connectivity index (χ1v) is 9.22. The molecule has 1 aliphatic heterocycles. The van der Waals surface area contributed by atoms with Gasteiger partial charge in [0.25, 0.3) is 5.91 Å². The van der Waals surface area contributed by atoms with Gasteiger partial charge < -0.3 is 5.32 Å². The van der Waals surface area contributed by atoms with Crippen LogP contribution in [0.2, 0.25) is 0 Å². The number of hydrogen-bond acceptors (Lipinski definition) is 6. The monoisotopic (exact) mass is 372 g/mol. The Balaban J connectivity index is 1.44. The molecule has 26 heavy (non-hydrogen) atoms. The number of nitrogens with one attached hydrogen (secondary N) is 2. The van der Waals surface area contributed by atoms with Crippen LogP contribution in [0.3, 0.4) is 0 Å². The van der Waals surface area contributed by atoms with Crippen LogP contribution in [0.25, 0.3) is 11.3 Å². The number of carbonyl (C=O) groups excluding carboxylic acids is 1. The molecule has 9 heteroatoms. The van der Waals surface area contributed by atoms with Crippen LogP contribution in [-0.2, 0) is 0 Å². The summed E-state index contributed by atoms with van der Waals surface area (Å²) in [6.07, 6.45) is 3.61. The van der Waals surface area contributed by atoms with Gasteiger partial charge in [0.2, 0.25) is 0 Å². The van der Waals surface area contributed by atoms with Gasteiger partial charge in [0.15, 0.2) is 10.8 Å². The van der Waals surface area contributed by atoms with Crippen LogP contribution in [0.1, 0.15) is 29.4 Å². The highest BCUT2D eigenvalue weighted by atomic mass is 32.1.